The third-order valence-electron chi connectivity index (χ3n) is 3.56. The summed E-state index contributed by atoms with van der Waals surface area (Å²) in [5.74, 6) is 0.859. The number of pyridine rings is 1. The zero-order chi connectivity index (χ0) is 15.1. The Labute approximate surface area is 122 Å². The molecular weight excluding hydrogens is 250 g/mol. The molecule has 1 aromatic heterocycles. The highest BCUT2D eigenvalue weighted by molar-refractivity contribution is 5.95. The maximum Gasteiger partial charge on any atom is 0.254 e. The smallest absolute Gasteiger partial charge is 0.254 e. The molecule has 0 aliphatic carbocycles. The average molecular weight is 277 g/mol. The van der Waals surface area contributed by atoms with Gasteiger partial charge < -0.3 is 10.2 Å². The predicted octanol–water partition coefficient (Wildman–Crippen LogP) is 3.34. The van der Waals surface area contributed by atoms with Crippen molar-refractivity contribution in [3.8, 4) is 0 Å². The first-order valence-electron chi connectivity index (χ1n) is 7.55. The number of rotatable bonds is 7. The minimum absolute atomic E-state index is 0.0678. The van der Waals surface area contributed by atoms with Crippen molar-refractivity contribution in [2.24, 2.45) is 0 Å². The summed E-state index contributed by atoms with van der Waals surface area (Å²) in [7, 11) is 1.86. The molecule has 1 rings (SSSR count). The summed E-state index contributed by atoms with van der Waals surface area (Å²) in [6.45, 7) is 9.11. The zero-order valence-electron chi connectivity index (χ0n) is 13.4. The number of carbonyl (C=O) groups is 1. The van der Waals surface area contributed by atoms with Gasteiger partial charge in [-0.05, 0) is 38.8 Å². The first-order valence-corrected chi connectivity index (χ1v) is 7.55. The third-order valence-corrected chi connectivity index (χ3v) is 3.56. The van der Waals surface area contributed by atoms with Crippen molar-refractivity contribution in [3.63, 3.8) is 0 Å². The largest absolute Gasteiger partial charge is 0.370 e. The molecule has 0 aromatic carbocycles. The summed E-state index contributed by atoms with van der Waals surface area (Å²) in [5.41, 5.74) is 1.70. The van der Waals surface area contributed by atoms with Gasteiger partial charge in [-0.25, -0.2) is 4.98 Å². The Morgan fingerprint density at radius 1 is 1.35 bits per heavy atom. The molecule has 0 fully saturated rings. The molecule has 0 bridgehead atoms. The van der Waals surface area contributed by atoms with E-state index in [2.05, 4.69) is 31.1 Å². The van der Waals surface area contributed by atoms with Gasteiger partial charge in [0.15, 0.2) is 0 Å². The standard InChI is InChI=1S/C16H27N3O/c1-6-9-14-10-13(11-15(18-14)17-8-3)16(20)19(5)12(4)7-2/h10-12H,6-9H2,1-5H3,(H,17,18). The second-order valence-electron chi connectivity index (χ2n) is 5.19. The number of anilines is 1. The molecule has 0 aliphatic rings. The van der Waals surface area contributed by atoms with Crippen LogP contribution in [0.25, 0.3) is 0 Å². The molecular formula is C16H27N3O. The van der Waals surface area contributed by atoms with Gasteiger partial charge in [0.2, 0.25) is 0 Å². The second-order valence-corrected chi connectivity index (χ2v) is 5.19. The van der Waals surface area contributed by atoms with Crippen LogP contribution in [0.1, 0.15) is 56.6 Å². The topological polar surface area (TPSA) is 45.2 Å². The highest BCUT2D eigenvalue weighted by Crippen LogP contribution is 2.15. The van der Waals surface area contributed by atoms with Crippen LogP contribution >= 0.6 is 0 Å². The van der Waals surface area contributed by atoms with Gasteiger partial charge >= 0.3 is 0 Å². The Bertz CT molecular complexity index is 421. The molecule has 1 atom stereocenters. The summed E-state index contributed by atoms with van der Waals surface area (Å²) >= 11 is 0. The monoisotopic (exact) mass is 277 g/mol. The Hall–Kier alpha value is -1.58. The van der Waals surface area contributed by atoms with E-state index in [1.165, 1.54) is 0 Å². The van der Waals surface area contributed by atoms with E-state index in [4.69, 9.17) is 0 Å². The summed E-state index contributed by atoms with van der Waals surface area (Å²) in [4.78, 5) is 18.9. The van der Waals surface area contributed by atoms with Crippen LogP contribution in [-0.4, -0.2) is 35.4 Å². The van der Waals surface area contributed by atoms with Crippen LogP contribution in [-0.2, 0) is 6.42 Å². The molecule has 1 aromatic rings. The van der Waals surface area contributed by atoms with Gasteiger partial charge in [-0.15, -0.1) is 0 Å². The van der Waals surface area contributed by atoms with Crippen LogP contribution < -0.4 is 5.32 Å². The number of carbonyl (C=O) groups excluding carboxylic acids is 1. The minimum atomic E-state index is 0.0678. The van der Waals surface area contributed by atoms with Crippen LogP contribution in [0.4, 0.5) is 5.82 Å². The molecule has 0 aliphatic heterocycles. The zero-order valence-corrected chi connectivity index (χ0v) is 13.4. The van der Waals surface area contributed by atoms with E-state index in [1.54, 1.807) is 4.90 Å². The van der Waals surface area contributed by atoms with Crippen molar-refractivity contribution in [3.05, 3.63) is 23.4 Å². The van der Waals surface area contributed by atoms with E-state index in [9.17, 15) is 4.79 Å². The lowest BCUT2D eigenvalue weighted by Gasteiger charge is -2.24. The Kier molecular flexibility index (Phi) is 6.49. The van der Waals surface area contributed by atoms with Crippen molar-refractivity contribution in [1.29, 1.82) is 0 Å². The maximum absolute atomic E-state index is 12.5. The molecule has 0 saturated heterocycles. The number of amides is 1. The van der Waals surface area contributed by atoms with Crippen LogP contribution in [0.3, 0.4) is 0 Å². The molecule has 1 amide bonds. The van der Waals surface area contributed by atoms with E-state index in [-0.39, 0.29) is 11.9 Å². The highest BCUT2D eigenvalue weighted by Gasteiger charge is 2.17. The van der Waals surface area contributed by atoms with E-state index in [0.717, 1.165) is 42.9 Å². The van der Waals surface area contributed by atoms with Gasteiger partial charge in [0.05, 0.1) is 0 Å². The molecule has 4 nitrogen and oxygen atoms in total. The molecule has 1 unspecified atom stereocenters. The number of nitrogens with one attached hydrogen (secondary N) is 1. The van der Waals surface area contributed by atoms with Gasteiger partial charge in [-0.1, -0.05) is 20.3 Å². The Balaban J connectivity index is 3.05. The summed E-state index contributed by atoms with van der Waals surface area (Å²) in [5, 5.41) is 3.20. The summed E-state index contributed by atoms with van der Waals surface area (Å²) in [6.07, 6.45) is 2.87. The lowest BCUT2D eigenvalue weighted by molar-refractivity contribution is 0.0740. The van der Waals surface area contributed by atoms with Crippen molar-refractivity contribution in [2.75, 3.05) is 18.9 Å². The summed E-state index contributed by atoms with van der Waals surface area (Å²) < 4.78 is 0. The number of aromatic nitrogens is 1. The van der Waals surface area contributed by atoms with Gasteiger partial charge in [0.25, 0.3) is 5.91 Å². The molecule has 1 heterocycles. The van der Waals surface area contributed by atoms with Crippen molar-refractivity contribution >= 4 is 11.7 Å². The van der Waals surface area contributed by atoms with Crippen molar-refractivity contribution < 1.29 is 4.79 Å². The molecule has 20 heavy (non-hydrogen) atoms. The highest BCUT2D eigenvalue weighted by atomic mass is 16.2. The second kappa shape index (κ2) is 7.88. The van der Waals surface area contributed by atoms with Crippen LogP contribution in [0.2, 0.25) is 0 Å². The molecule has 1 N–H and O–H groups in total. The van der Waals surface area contributed by atoms with Crippen LogP contribution in [0.5, 0.6) is 0 Å². The Morgan fingerprint density at radius 2 is 2.05 bits per heavy atom. The molecule has 112 valence electrons. The fourth-order valence-electron chi connectivity index (χ4n) is 2.04. The van der Waals surface area contributed by atoms with Crippen LogP contribution in [0, 0.1) is 0 Å². The number of nitrogens with zero attached hydrogens (tertiary/aromatic N) is 2. The SMILES string of the molecule is CCCc1cc(C(=O)N(C)C(C)CC)cc(NCC)n1. The first kappa shape index (κ1) is 16.5. The van der Waals surface area contributed by atoms with E-state index in [1.807, 2.05) is 26.1 Å². The van der Waals surface area contributed by atoms with Gasteiger partial charge in [-0.2, -0.15) is 0 Å². The van der Waals surface area contributed by atoms with Gasteiger partial charge in [0.1, 0.15) is 5.82 Å². The van der Waals surface area contributed by atoms with Gasteiger partial charge in [-0.3, -0.25) is 4.79 Å². The number of aryl methyl sites for hydroxylation is 1. The van der Waals surface area contributed by atoms with E-state index >= 15 is 0 Å². The lowest BCUT2D eigenvalue weighted by atomic mass is 10.1. The Morgan fingerprint density at radius 3 is 2.60 bits per heavy atom. The molecule has 4 heteroatoms. The lowest BCUT2D eigenvalue weighted by Crippen LogP contribution is -2.34. The van der Waals surface area contributed by atoms with E-state index < -0.39 is 0 Å². The normalized spacial score (nSPS) is 12.1. The summed E-state index contributed by atoms with van der Waals surface area (Å²) in [6, 6.07) is 4.02. The molecule has 0 radical (unpaired) electrons. The fourth-order valence-corrected chi connectivity index (χ4v) is 2.04. The van der Waals surface area contributed by atoms with Crippen molar-refractivity contribution in [2.45, 2.75) is 53.0 Å². The molecule has 0 saturated carbocycles. The predicted molar refractivity (Wildman–Crippen MR) is 84.2 cm³/mol. The maximum atomic E-state index is 12.5. The number of hydrogen-bond acceptors (Lipinski definition) is 3. The van der Waals surface area contributed by atoms with E-state index in [0.29, 0.717) is 0 Å². The third kappa shape index (κ3) is 4.22. The average Bonchev–Trinajstić information content (AvgIpc) is 2.45. The van der Waals surface area contributed by atoms with Gasteiger partial charge in [0, 0.05) is 30.9 Å². The van der Waals surface area contributed by atoms with Crippen molar-refractivity contribution in [1.82, 2.24) is 9.88 Å². The molecule has 0 spiro atoms. The fraction of sp³-hybridized carbons (Fsp3) is 0.625. The van der Waals surface area contributed by atoms with Crippen LogP contribution in [0.15, 0.2) is 12.1 Å². The number of hydrogen-bond donors (Lipinski definition) is 1. The first-order chi connectivity index (χ1) is 9.53. The quantitative estimate of drug-likeness (QED) is 0.831. The minimum Gasteiger partial charge on any atom is -0.370 e.